The van der Waals surface area contributed by atoms with Crippen LogP contribution in [0.15, 0.2) is 51.6 Å². The molecule has 6 nitrogen and oxygen atoms in total. The predicted molar refractivity (Wildman–Crippen MR) is 79.1 cm³/mol. The van der Waals surface area contributed by atoms with Gasteiger partial charge in [-0.15, -0.1) is 0 Å². The zero-order valence-electron chi connectivity index (χ0n) is 12.4. The molecule has 7 heteroatoms. The smallest absolute Gasteiger partial charge is 0.289 e. The monoisotopic (exact) mass is 315 g/mol. The third kappa shape index (κ3) is 3.45. The molecule has 118 valence electrons. The predicted octanol–water partition coefficient (Wildman–Crippen LogP) is 2.78. The fourth-order valence-corrected chi connectivity index (χ4v) is 2.02. The van der Waals surface area contributed by atoms with E-state index in [9.17, 15) is 9.18 Å². The van der Waals surface area contributed by atoms with Crippen LogP contribution < -0.4 is 0 Å². The quantitative estimate of drug-likeness (QED) is 0.724. The highest BCUT2D eigenvalue weighted by atomic mass is 19.1. The molecule has 0 spiro atoms. The number of carbonyl (C=O) groups excluding carboxylic acids is 1. The summed E-state index contributed by atoms with van der Waals surface area (Å²) in [5, 5.41) is 3.87. The van der Waals surface area contributed by atoms with Gasteiger partial charge >= 0.3 is 0 Å². The molecule has 0 saturated carbocycles. The molecule has 2 heterocycles. The van der Waals surface area contributed by atoms with Gasteiger partial charge in [0.1, 0.15) is 5.82 Å². The van der Waals surface area contributed by atoms with Crippen molar-refractivity contribution in [1.29, 1.82) is 0 Å². The average Bonchev–Trinajstić information content (AvgIpc) is 3.24. The minimum Gasteiger partial charge on any atom is -0.459 e. The highest BCUT2D eigenvalue weighted by molar-refractivity contribution is 5.91. The number of hydrogen-bond donors (Lipinski definition) is 0. The fourth-order valence-electron chi connectivity index (χ4n) is 2.02. The van der Waals surface area contributed by atoms with Crippen molar-refractivity contribution < 1.29 is 18.1 Å². The van der Waals surface area contributed by atoms with Crippen molar-refractivity contribution in [3.05, 3.63) is 60.1 Å². The topological polar surface area (TPSA) is 72.4 Å². The summed E-state index contributed by atoms with van der Waals surface area (Å²) in [6, 6.07) is 9.07. The van der Waals surface area contributed by atoms with E-state index >= 15 is 0 Å². The number of furan rings is 1. The summed E-state index contributed by atoms with van der Waals surface area (Å²) in [5.41, 5.74) is 0.644. The highest BCUT2D eigenvalue weighted by Crippen LogP contribution is 2.17. The van der Waals surface area contributed by atoms with Gasteiger partial charge in [-0.3, -0.25) is 4.79 Å². The number of benzene rings is 1. The van der Waals surface area contributed by atoms with Crippen LogP contribution in [0, 0.1) is 5.82 Å². The Balaban J connectivity index is 1.61. The maximum Gasteiger partial charge on any atom is 0.289 e. The first-order valence-electron chi connectivity index (χ1n) is 7.01. The van der Waals surface area contributed by atoms with Crippen LogP contribution in [0.25, 0.3) is 11.5 Å². The molecule has 0 aliphatic heterocycles. The number of carbonyl (C=O) groups is 1. The highest BCUT2D eigenvalue weighted by Gasteiger charge is 2.15. The van der Waals surface area contributed by atoms with Gasteiger partial charge in [0.05, 0.1) is 6.26 Å². The molecule has 2 aromatic heterocycles. The van der Waals surface area contributed by atoms with Crippen LogP contribution >= 0.6 is 0 Å². The van der Waals surface area contributed by atoms with Crippen LogP contribution in [0.2, 0.25) is 0 Å². The summed E-state index contributed by atoms with van der Waals surface area (Å²) in [7, 11) is 1.67. The van der Waals surface area contributed by atoms with Crippen LogP contribution in [0.4, 0.5) is 4.39 Å². The van der Waals surface area contributed by atoms with Crippen LogP contribution in [-0.2, 0) is 6.42 Å². The van der Waals surface area contributed by atoms with Gasteiger partial charge in [0.2, 0.25) is 0 Å². The lowest BCUT2D eigenvalue weighted by molar-refractivity contribution is 0.0764. The molecular weight excluding hydrogens is 301 g/mol. The summed E-state index contributed by atoms with van der Waals surface area (Å²) in [6.07, 6.45) is 1.89. The maximum atomic E-state index is 12.9. The number of hydrogen-bond acceptors (Lipinski definition) is 5. The molecule has 0 fully saturated rings. The summed E-state index contributed by atoms with van der Waals surface area (Å²) < 4.78 is 23.1. The Morgan fingerprint density at radius 2 is 2.04 bits per heavy atom. The van der Waals surface area contributed by atoms with Crippen molar-refractivity contribution in [2.24, 2.45) is 0 Å². The first kappa shape index (κ1) is 15.0. The Morgan fingerprint density at radius 3 is 2.74 bits per heavy atom. The van der Waals surface area contributed by atoms with Crippen LogP contribution in [0.5, 0.6) is 0 Å². The van der Waals surface area contributed by atoms with Crippen molar-refractivity contribution in [3.63, 3.8) is 0 Å². The summed E-state index contributed by atoms with van der Waals surface area (Å²) in [6.45, 7) is 0.419. The molecule has 0 N–H and O–H groups in total. The van der Waals surface area contributed by atoms with Crippen LogP contribution in [0.1, 0.15) is 16.4 Å². The van der Waals surface area contributed by atoms with E-state index in [1.54, 1.807) is 31.3 Å². The lowest BCUT2D eigenvalue weighted by Crippen LogP contribution is -2.28. The number of amides is 1. The van der Waals surface area contributed by atoms with E-state index in [2.05, 4.69) is 10.1 Å². The molecule has 0 atom stereocenters. The fraction of sp³-hybridized carbons (Fsp3) is 0.188. The third-order valence-electron chi connectivity index (χ3n) is 3.31. The summed E-state index contributed by atoms with van der Waals surface area (Å²) in [5.74, 6) is 0.542. The Bertz CT molecular complexity index is 781. The Labute approximate surface area is 131 Å². The van der Waals surface area contributed by atoms with E-state index in [-0.39, 0.29) is 17.5 Å². The standard InChI is InChI=1S/C16H14FN3O3/c1-20(16(21)13-3-2-10-22-13)9-8-14-18-15(23-19-14)11-4-6-12(17)7-5-11/h2-7,10H,8-9H2,1H3. The zero-order chi connectivity index (χ0) is 16.2. The minimum atomic E-state index is -0.327. The molecule has 0 radical (unpaired) electrons. The largest absolute Gasteiger partial charge is 0.459 e. The molecule has 1 amide bonds. The Kier molecular flexibility index (Phi) is 4.18. The summed E-state index contributed by atoms with van der Waals surface area (Å²) >= 11 is 0. The molecule has 3 rings (SSSR count). The number of rotatable bonds is 5. The zero-order valence-corrected chi connectivity index (χ0v) is 12.4. The van der Waals surface area contributed by atoms with Gasteiger partial charge in [0.15, 0.2) is 11.6 Å². The number of aromatic nitrogens is 2. The summed E-state index contributed by atoms with van der Waals surface area (Å²) in [4.78, 5) is 17.8. The Hall–Kier alpha value is -2.96. The first-order valence-corrected chi connectivity index (χ1v) is 7.01. The van der Waals surface area contributed by atoms with Gasteiger partial charge in [0.25, 0.3) is 11.8 Å². The van der Waals surface area contributed by atoms with Crippen molar-refractivity contribution >= 4 is 5.91 Å². The molecular formula is C16H14FN3O3. The van der Waals surface area contributed by atoms with Gasteiger partial charge in [-0.2, -0.15) is 4.98 Å². The SMILES string of the molecule is CN(CCc1noc(-c2ccc(F)cc2)n1)C(=O)c1ccco1. The molecule has 23 heavy (non-hydrogen) atoms. The van der Waals surface area contributed by atoms with E-state index in [1.165, 1.54) is 23.3 Å². The van der Waals surface area contributed by atoms with Gasteiger partial charge in [0, 0.05) is 25.6 Å². The molecule has 3 aromatic rings. The van der Waals surface area contributed by atoms with Crippen molar-refractivity contribution in [2.45, 2.75) is 6.42 Å². The van der Waals surface area contributed by atoms with Crippen LogP contribution in [-0.4, -0.2) is 34.5 Å². The minimum absolute atomic E-state index is 0.211. The lowest BCUT2D eigenvalue weighted by Gasteiger charge is -2.14. The van der Waals surface area contributed by atoms with Gasteiger partial charge in [-0.05, 0) is 36.4 Å². The van der Waals surface area contributed by atoms with Gasteiger partial charge < -0.3 is 13.8 Å². The number of nitrogens with zero attached hydrogens (tertiary/aromatic N) is 3. The second-order valence-electron chi connectivity index (χ2n) is 4.98. The second-order valence-corrected chi connectivity index (χ2v) is 4.98. The van der Waals surface area contributed by atoms with Crippen LogP contribution in [0.3, 0.4) is 0 Å². The average molecular weight is 315 g/mol. The number of likely N-dealkylation sites (N-methyl/N-ethyl adjacent to an activating group) is 1. The molecule has 0 saturated heterocycles. The van der Waals surface area contributed by atoms with E-state index < -0.39 is 0 Å². The number of halogens is 1. The van der Waals surface area contributed by atoms with E-state index in [4.69, 9.17) is 8.94 Å². The van der Waals surface area contributed by atoms with Crippen molar-refractivity contribution in [3.8, 4) is 11.5 Å². The van der Waals surface area contributed by atoms with E-state index in [0.717, 1.165) is 0 Å². The molecule has 0 unspecified atom stereocenters. The lowest BCUT2D eigenvalue weighted by atomic mass is 10.2. The molecule has 0 aliphatic carbocycles. The molecule has 1 aromatic carbocycles. The van der Waals surface area contributed by atoms with Crippen molar-refractivity contribution in [2.75, 3.05) is 13.6 Å². The Morgan fingerprint density at radius 1 is 1.26 bits per heavy atom. The maximum absolute atomic E-state index is 12.9. The van der Waals surface area contributed by atoms with E-state index in [1.807, 2.05) is 0 Å². The molecule has 0 aliphatic rings. The second kappa shape index (κ2) is 6.43. The third-order valence-corrected chi connectivity index (χ3v) is 3.31. The first-order chi connectivity index (χ1) is 11.1. The normalized spacial score (nSPS) is 10.7. The van der Waals surface area contributed by atoms with E-state index in [0.29, 0.717) is 30.2 Å². The van der Waals surface area contributed by atoms with Crippen molar-refractivity contribution in [1.82, 2.24) is 15.0 Å². The molecule has 0 bridgehead atoms. The van der Waals surface area contributed by atoms with Gasteiger partial charge in [-0.1, -0.05) is 5.16 Å². The van der Waals surface area contributed by atoms with Gasteiger partial charge in [-0.25, -0.2) is 4.39 Å².